The molecule has 1 aliphatic heterocycles. The number of hydrogen-bond acceptors (Lipinski definition) is 2. The Morgan fingerprint density at radius 2 is 1.95 bits per heavy atom. The molecule has 3 nitrogen and oxygen atoms in total. The minimum atomic E-state index is -0.252. The van der Waals surface area contributed by atoms with Gasteiger partial charge in [-0.15, -0.1) is 12.4 Å². The van der Waals surface area contributed by atoms with Crippen LogP contribution in [-0.2, 0) is 10.2 Å². The molecule has 20 heavy (non-hydrogen) atoms. The van der Waals surface area contributed by atoms with Crippen LogP contribution in [0.1, 0.15) is 31.2 Å². The van der Waals surface area contributed by atoms with Crippen molar-refractivity contribution in [1.29, 1.82) is 0 Å². The summed E-state index contributed by atoms with van der Waals surface area (Å²) >= 11 is 3.44. The van der Waals surface area contributed by atoms with Gasteiger partial charge in [0, 0.05) is 23.6 Å². The van der Waals surface area contributed by atoms with E-state index in [9.17, 15) is 4.79 Å². The second kappa shape index (κ2) is 6.04. The summed E-state index contributed by atoms with van der Waals surface area (Å²) in [5.41, 5.74) is 6.89. The Hall–Kier alpha value is -0.580. The second-order valence-corrected chi connectivity index (χ2v) is 6.66. The number of nitrogens with two attached hydrogens (primary N) is 1. The molecule has 1 amide bonds. The largest absolute Gasteiger partial charge is 0.340 e. The monoisotopic (exact) mass is 358 g/mol. The molecule has 2 fully saturated rings. The smallest absolute Gasteiger partial charge is 0.233 e. The first-order chi connectivity index (χ1) is 9.12. The van der Waals surface area contributed by atoms with Crippen LogP contribution < -0.4 is 5.73 Å². The van der Waals surface area contributed by atoms with Crippen molar-refractivity contribution >= 4 is 34.2 Å². The molecule has 2 N–H and O–H groups in total. The number of halogens is 2. The van der Waals surface area contributed by atoms with Crippen LogP contribution in [0.15, 0.2) is 28.7 Å². The molecular weight excluding hydrogens is 340 g/mol. The molecule has 1 aromatic rings. The van der Waals surface area contributed by atoms with E-state index in [2.05, 4.69) is 28.1 Å². The summed E-state index contributed by atoms with van der Waals surface area (Å²) in [4.78, 5) is 14.7. The van der Waals surface area contributed by atoms with Crippen LogP contribution in [0.4, 0.5) is 0 Å². The Morgan fingerprint density at radius 1 is 1.30 bits per heavy atom. The third kappa shape index (κ3) is 2.87. The first kappa shape index (κ1) is 15.8. The number of amides is 1. The first-order valence-corrected chi connectivity index (χ1v) is 7.72. The predicted octanol–water partition coefficient (Wildman–Crippen LogP) is 2.85. The van der Waals surface area contributed by atoms with Crippen molar-refractivity contribution in [3.05, 3.63) is 34.3 Å². The van der Waals surface area contributed by atoms with Gasteiger partial charge in [-0.05, 0) is 43.4 Å². The van der Waals surface area contributed by atoms with Crippen molar-refractivity contribution in [1.82, 2.24) is 4.90 Å². The molecule has 2 aliphatic rings. The predicted molar refractivity (Wildman–Crippen MR) is 86.1 cm³/mol. The van der Waals surface area contributed by atoms with Gasteiger partial charge in [-0.2, -0.15) is 0 Å². The molecule has 1 unspecified atom stereocenters. The Kier molecular flexibility index (Phi) is 4.77. The van der Waals surface area contributed by atoms with Gasteiger partial charge < -0.3 is 10.6 Å². The van der Waals surface area contributed by atoms with Crippen molar-refractivity contribution in [2.45, 2.75) is 37.1 Å². The molecule has 110 valence electrons. The molecule has 3 rings (SSSR count). The van der Waals surface area contributed by atoms with Crippen molar-refractivity contribution in [2.75, 3.05) is 13.1 Å². The number of rotatable bonds is 2. The molecule has 1 saturated heterocycles. The van der Waals surface area contributed by atoms with Crippen LogP contribution in [0, 0.1) is 0 Å². The summed E-state index contributed by atoms with van der Waals surface area (Å²) in [6.07, 6.45) is 4.01. The summed E-state index contributed by atoms with van der Waals surface area (Å²) in [5, 5.41) is 0. The van der Waals surface area contributed by atoms with Crippen LogP contribution >= 0.6 is 28.3 Å². The average Bonchev–Trinajstić information content (AvgIpc) is 3.20. The number of hydrogen-bond donors (Lipinski definition) is 1. The van der Waals surface area contributed by atoms with E-state index in [1.807, 2.05) is 17.0 Å². The zero-order valence-electron chi connectivity index (χ0n) is 11.3. The highest BCUT2D eigenvalue weighted by Gasteiger charge is 2.53. The number of benzene rings is 1. The molecular formula is C15H20BrClN2O. The maximum Gasteiger partial charge on any atom is 0.233 e. The molecule has 0 spiro atoms. The lowest BCUT2D eigenvalue weighted by Crippen LogP contribution is -2.49. The SMILES string of the molecule is Cl.NC1CCCN(C(=O)C2(c3ccc(Br)cc3)CC2)C1. The van der Waals surface area contributed by atoms with Gasteiger partial charge in [0.2, 0.25) is 5.91 Å². The van der Waals surface area contributed by atoms with Gasteiger partial charge in [-0.25, -0.2) is 0 Å². The topological polar surface area (TPSA) is 46.3 Å². The van der Waals surface area contributed by atoms with Gasteiger partial charge in [0.1, 0.15) is 0 Å². The van der Waals surface area contributed by atoms with Crippen LogP contribution in [-0.4, -0.2) is 29.9 Å². The molecule has 1 saturated carbocycles. The summed E-state index contributed by atoms with van der Waals surface area (Å²) < 4.78 is 1.06. The summed E-state index contributed by atoms with van der Waals surface area (Å²) in [6, 6.07) is 8.32. The lowest BCUT2D eigenvalue weighted by Gasteiger charge is -2.33. The van der Waals surface area contributed by atoms with E-state index in [1.165, 1.54) is 0 Å². The minimum Gasteiger partial charge on any atom is -0.340 e. The van der Waals surface area contributed by atoms with Gasteiger partial charge in [0.05, 0.1) is 5.41 Å². The lowest BCUT2D eigenvalue weighted by atomic mass is 9.93. The standard InChI is InChI=1S/C15H19BrN2O.ClH/c16-12-5-3-11(4-6-12)15(7-8-15)14(19)18-9-1-2-13(17)10-18;/h3-6,13H,1-2,7-10,17H2;1H. The van der Waals surface area contributed by atoms with E-state index >= 15 is 0 Å². The summed E-state index contributed by atoms with van der Waals surface area (Å²) in [5.74, 6) is 0.282. The molecule has 1 heterocycles. The van der Waals surface area contributed by atoms with E-state index < -0.39 is 0 Å². The number of carbonyl (C=O) groups is 1. The van der Waals surface area contributed by atoms with E-state index in [0.29, 0.717) is 0 Å². The van der Waals surface area contributed by atoms with E-state index in [1.54, 1.807) is 0 Å². The third-order valence-corrected chi connectivity index (χ3v) is 4.83. The summed E-state index contributed by atoms with van der Waals surface area (Å²) in [7, 11) is 0. The fourth-order valence-corrected chi connectivity index (χ4v) is 3.28. The van der Waals surface area contributed by atoms with Gasteiger partial charge in [0.25, 0.3) is 0 Å². The van der Waals surface area contributed by atoms with Gasteiger partial charge in [0.15, 0.2) is 0 Å². The quantitative estimate of drug-likeness (QED) is 0.882. The minimum absolute atomic E-state index is 0. The maximum absolute atomic E-state index is 12.8. The molecule has 1 atom stereocenters. The molecule has 1 aliphatic carbocycles. The molecule has 0 aromatic heterocycles. The van der Waals surface area contributed by atoms with Crippen molar-refractivity contribution in [3.8, 4) is 0 Å². The fourth-order valence-electron chi connectivity index (χ4n) is 3.02. The normalized spacial score (nSPS) is 23.9. The zero-order chi connectivity index (χ0) is 13.5. The zero-order valence-corrected chi connectivity index (χ0v) is 13.8. The highest BCUT2D eigenvalue weighted by molar-refractivity contribution is 9.10. The van der Waals surface area contributed by atoms with Crippen molar-refractivity contribution < 1.29 is 4.79 Å². The second-order valence-electron chi connectivity index (χ2n) is 5.74. The number of likely N-dealkylation sites (tertiary alicyclic amines) is 1. The van der Waals surface area contributed by atoms with Crippen LogP contribution in [0.2, 0.25) is 0 Å². The van der Waals surface area contributed by atoms with Gasteiger partial charge in [-0.3, -0.25) is 4.79 Å². The highest BCUT2D eigenvalue weighted by atomic mass is 79.9. The number of nitrogens with zero attached hydrogens (tertiary/aromatic N) is 1. The van der Waals surface area contributed by atoms with Crippen molar-refractivity contribution in [3.63, 3.8) is 0 Å². The Balaban J connectivity index is 0.00000147. The van der Waals surface area contributed by atoms with E-state index in [-0.39, 0.29) is 29.8 Å². The Bertz CT molecular complexity index is 487. The Labute approximate surface area is 134 Å². The molecule has 1 aromatic carbocycles. The maximum atomic E-state index is 12.8. The fraction of sp³-hybridized carbons (Fsp3) is 0.533. The highest BCUT2D eigenvalue weighted by Crippen LogP contribution is 2.50. The lowest BCUT2D eigenvalue weighted by molar-refractivity contribution is -0.135. The van der Waals surface area contributed by atoms with Gasteiger partial charge in [-0.1, -0.05) is 28.1 Å². The molecule has 0 bridgehead atoms. The van der Waals surface area contributed by atoms with Crippen LogP contribution in [0.25, 0.3) is 0 Å². The molecule has 0 radical (unpaired) electrons. The number of carbonyl (C=O) groups excluding carboxylic acids is 1. The van der Waals surface area contributed by atoms with Crippen molar-refractivity contribution in [2.24, 2.45) is 5.73 Å². The third-order valence-electron chi connectivity index (χ3n) is 4.30. The summed E-state index contributed by atoms with van der Waals surface area (Å²) in [6.45, 7) is 1.59. The Morgan fingerprint density at radius 3 is 2.50 bits per heavy atom. The molecule has 5 heteroatoms. The van der Waals surface area contributed by atoms with E-state index in [4.69, 9.17) is 5.73 Å². The van der Waals surface area contributed by atoms with Crippen LogP contribution in [0.3, 0.4) is 0 Å². The van der Waals surface area contributed by atoms with Crippen LogP contribution in [0.5, 0.6) is 0 Å². The first-order valence-electron chi connectivity index (χ1n) is 6.93. The van der Waals surface area contributed by atoms with Gasteiger partial charge >= 0.3 is 0 Å². The number of piperidine rings is 1. The van der Waals surface area contributed by atoms with E-state index in [0.717, 1.165) is 48.8 Å². The average molecular weight is 360 g/mol.